The van der Waals surface area contributed by atoms with Crippen molar-refractivity contribution in [3.05, 3.63) is 63.9 Å². The molecule has 1 saturated heterocycles. The number of nitrogens with zero attached hydrogens (tertiary/aromatic N) is 1. The van der Waals surface area contributed by atoms with Crippen molar-refractivity contribution < 1.29 is 32.3 Å². The van der Waals surface area contributed by atoms with E-state index in [4.69, 9.17) is 11.6 Å². The van der Waals surface area contributed by atoms with Crippen molar-refractivity contribution in [1.82, 2.24) is 10.2 Å². The lowest BCUT2D eigenvalue weighted by Crippen LogP contribution is -2.35. The van der Waals surface area contributed by atoms with Crippen LogP contribution < -0.4 is 10.6 Å². The summed E-state index contributed by atoms with van der Waals surface area (Å²) in [6.45, 7) is -1.56. The van der Waals surface area contributed by atoms with Gasteiger partial charge in [-0.15, -0.1) is 0 Å². The molecule has 2 heterocycles. The van der Waals surface area contributed by atoms with Gasteiger partial charge in [0, 0.05) is 53.0 Å². The van der Waals surface area contributed by atoms with Crippen LogP contribution in [0.4, 0.5) is 28.0 Å². The molecule has 32 heavy (non-hydrogen) atoms. The standard InChI is InChI=1S/C21H18ClF4N3O3/c22-15-5-4-11(23)6-13(15)18-17-12(19(31)28-18)2-1-3-16(17)27-20(32)29-7-10(9-30)14(8-29)21(24,25)26/h1-6,10,14,18,30H,7-9H2,(H,27,32)(H,28,31)/t10-,14+,18-/m0/s1. The highest BCUT2D eigenvalue weighted by molar-refractivity contribution is 6.31. The molecule has 0 unspecified atom stereocenters. The summed E-state index contributed by atoms with van der Waals surface area (Å²) in [5.74, 6) is -3.98. The van der Waals surface area contributed by atoms with Gasteiger partial charge < -0.3 is 20.6 Å². The van der Waals surface area contributed by atoms with Crippen LogP contribution in [-0.4, -0.2) is 47.8 Å². The van der Waals surface area contributed by atoms with Crippen molar-refractivity contribution in [3.8, 4) is 0 Å². The third-order valence-electron chi connectivity index (χ3n) is 5.81. The number of anilines is 1. The molecule has 0 saturated carbocycles. The van der Waals surface area contributed by atoms with E-state index in [-0.39, 0.29) is 28.4 Å². The molecule has 3 amide bonds. The number of hydrogen-bond donors (Lipinski definition) is 3. The number of urea groups is 1. The van der Waals surface area contributed by atoms with Crippen LogP contribution in [0, 0.1) is 17.7 Å². The molecule has 2 aliphatic rings. The average molecular weight is 472 g/mol. The maximum absolute atomic E-state index is 13.8. The van der Waals surface area contributed by atoms with Crippen molar-refractivity contribution in [2.24, 2.45) is 11.8 Å². The van der Waals surface area contributed by atoms with Crippen molar-refractivity contribution in [3.63, 3.8) is 0 Å². The minimum atomic E-state index is -4.55. The van der Waals surface area contributed by atoms with E-state index in [0.717, 1.165) is 4.90 Å². The van der Waals surface area contributed by atoms with Gasteiger partial charge in [0.1, 0.15) is 5.82 Å². The van der Waals surface area contributed by atoms with Crippen LogP contribution in [0.25, 0.3) is 0 Å². The second-order valence-corrected chi connectivity index (χ2v) is 8.17. The number of aliphatic hydroxyl groups excluding tert-OH is 1. The highest BCUT2D eigenvalue weighted by Gasteiger charge is 2.50. The molecule has 4 rings (SSSR count). The largest absolute Gasteiger partial charge is 0.396 e. The van der Waals surface area contributed by atoms with Crippen LogP contribution >= 0.6 is 11.6 Å². The first kappa shape index (κ1) is 22.3. The Morgan fingerprint density at radius 2 is 2.00 bits per heavy atom. The van der Waals surface area contributed by atoms with Gasteiger partial charge in [0.05, 0.1) is 12.0 Å². The molecule has 170 valence electrons. The molecule has 0 bridgehead atoms. The summed E-state index contributed by atoms with van der Waals surface area (Å²) >= 11 is 6.20. The number of fused-ring (bicyclic) bond motifs is 1. The number of likely N-dealkylation sites (tertiary alicyclic amines) is 1. The first-order chi connectivity index (χ1) is 15.1. The Morgan fingerprint density at radius 1 is 1.25 bits per heavy atom. The number of benzene rings is 2. The van der Waals surface area contributed by atoms with Crippen LogP contribution in [0.2, 0.25) is 5.02 Å². The van der Waals surface area contributed by atoms with Crippen LogP contribution in [0.15, 0.2) is 36.4 Å². The number of halogens is 5. The first-order valence-corrected chi connectivity index (χ1v) is 10.1. The molecule has 0 spiro atoms. The number of rotatable bonds is 3. The van der Waals surface area contributed by atoms with Gasteiger partial charge in [-0.05, 0) is 30.3 Å². The Labute approximate surface area is 185 Å². The van der Waals surface area contributed by atoms with E-state index in [2.05, 4.69) is 10.6 Å². The fraction of sp³-hybridized carbons (Fsp3) is 0.333. The van der Waals surface area contributed by atoms with E-state index >= 15 is 0 Å². The van der Waals surface area contributed by atoms with E-state index in [1.54, 1.807) is 0 Å². The van der Waals surface area contributed by atoms with Crippen LogP contribution in [-0.2, 0) is 0 Å². The topological polar surface area (TPSA) is 81.7 Å². The van der Waals surface area contributed by atoms with Gasteiger partial charge in [-0.1, -0.05) is 17.7 Å². The average Bonchev–Trinajstić information content (AvgIpc) is 3.32. The molecule has 0 aliphatic carbocycles. The van der Waals surface area contributed by atoms with Crippen LogP contribution in [0.1, 0.15) is 27.5 Å². The zero-order chi connectivity index (χ0) is 23.2. The molecule has 3 N–H and O–H groups in total. The molecule has 2 aliphatic heterocycles. The van der Waals surface area contributed by atoms with Gasteiger partial charge >= 0.3 is 12.2 Å². The number of carbonyl (C=O) groups excluding carboxylic acids is 2. The summed E-state index contributed by atoms with van der Waals surface area (Å²) in [6.07, 6.45) is -4.55. The smallest absolute Gasteiger partial charge is 0.393 e. The number of hydrogen-bond acceptors (Lipinski definition) is 3. The first-order valence-electron chi connectivity index (χ1n) is 9.72. The van der Waals surface area contributed by atoms with Gasteiger partial charge in [0.2, 0.25) is 0 Å². The zero-order valence-electron chi connectivity index (χ0n) is 16.4. The Hall–Kier alpha value is -2.85. The molecule has 2 aromatic rings. The molecule has 3 atom stereocenters. The Morgan fingerprint density at radius 3 is 2.66 bits per heavy atom. The summed E-state index contributed by atoms with van der Waals surface area (Å²) in [7, 11) is 0. The molecule has 2 aromatic carbocycles. The van der Waals surface area contributed by atoms with Gasteiger partial charge in [-0.2, -0.15) is 13.2 Å². The summed E-state index contributed by atoms with van der Waals surface area (Å²) in [6, 6.07) is 6.55. The zero-order valence-corrected chi connectivity index (χ0v) is 17.2. The summed E-state index contributed by atoms with van der Waals surface area (Å²) in [5.41, 5.74) is 1.03. The lowest BCUT2D eigenvalue weighted by Gasteiger charge is -2.21. The van der Waals surface area contributed by atoms with Crippen molar-refractivity contribution in [2.45, 2.75) is 12.2 Å². The van der Waals surface area contributed by atoms with E-state index in [1.165, 1.54) is 36.4 Å². The van der Waals surface area contributed by atoms with Crippen molar-refractivity contribution in [1.29, 1.82) is 0 Å². The normalized spacial score (nSPS) is 22.6. The molecule has 11 heteroatoms. The number of carbonyl (C=O) groups is 2. The highest BCUT2D eigenvalue weighted by atomic mass is 35.5. The number of alkyl halides is 3. The Balaban J connectivity index is 1.64. The highest BCUT2D eigenvalue weighted by Crippen LogP contribution is 2.40. The minimum absolute atomic E-state index is 0.187. The lowest BCUT2D eigenvalue weighted by atomic mass is 9.96. The van der Waals surface area contributed by atoms with E-state index in [0.29, 0.717) is 5.56 Å². The molecule has 0 radical (unpaired) electrons. The number of aliphatic hydroxyl groups is 1. The number of amides is 3. The van der Waals surface area contributed by atoms with Crippen molar-refractivity contribution >= 4 is 29.2 Å². The Bertz CT molecular complexity index is 1080. The molecule has 6 nitrogen and oxygen atoms in total. The fourth-order valence-electron chi connectivity index (χ4n) is 4.22. The third-order valence-corrected chi connectivity index (χ3v) is 6.15. The molecule has 0 aromatic heterocycles. The molecular formula is C21H18ClF4N3O3. The minimum Gasteiger partial charge on any atom is -0.396 e. The Kier molecular flexibility index (Phi) is 5.76. The van der Waals surface area contributed by atoms with E-state index in [1.807, 2.05) is 0 Å². The summed E-state index contributed by atoms with van der Waals surface area (Å²) in [5, 5.41) is 14.8. The summed E-state index contributed by atoms with van der Waals surface area (Å²) in [4.78, 5) is 26.2. The van der Waals surface area contributed by atoms with E-state index in [9.17, 15) is 32.3 Å². The van der Waals surface area contributed by atoms with Crippen molar-refractivity contribution in [2.75, 3.05) is 25.0 Å². The second kappa shape index (κ2) is 8.25. The van der Waals surface area contributed by atoms with Gasteiger partial charge in [-0.25, -0.2) is 9.18 Å². The third kappa shape index (κ3) is 4.00. The predicted octanol–water partition coefficient (Wildman–Crippen LogP) is 3.95. The molecule has 1 fully saturated rings. The maximum Gasteiger partial charge on any atom is 0.393 e. The lowest BCUT2D eigenvalue weighted by molar-refractivity contribution is -0.182. The van der Waals surface area contributed by atoms with Crippen LogP contribution in [0.3, 0.4) is 0 Å². The van der Waals surface area contributed by atoms with Gasteiger partial charge in [-0.3, -0.25) is 4.79 Å². The number of nitrogens with one attached hydrogen (secondary N) is 2. The predicted molar refractivity (Wildman–Crippen MR) is 108 cm³/mol. The second-order valence-electron chi connectivity index (χ2n) is 7.77. The van der Waals surface area contributed by atoms with Gasteiger partial charge in [0.15, 0.2) is 0 Å². The van der Waals surface area contributed by atoms with E-state index < -0.39 is 55.0 Å². The maximum atomic E-state index is 13.8. The monoisotopic (exact) mass is 471 g/mol. The van der Waals surface area contributed by atoms with Gasteiger partial charge in [0.25, 0.3) is 5.91 Å². The summed E-state index contributed by atoms with van der Waals surface area (Å²) < 4.78 is 53.5. The quantitative estimate of drug-likeness (QED) is 0.593. The SMILES string of the molecule is O=C1N[C@@H](c2cc(F)ccc2Cl)c2c(NC(=O)N3C[C@@H](CO)[C@H](C(F)(F)F)C3)cccc21. The molecular weight excluding hydrogens is 454 g/mol. The fourth-order valence-corrected chi connectivity index (χ4v) is 4.45. The van der Waals surface area contributed by atoms with Crippen LogP contribution in [0.5, 0.6) is 0 Å².